The molecule has 0 spiro atoms. The van der Waals surface area contributed by atoms with Gasteiger partial charge < -0.3 is 19.5 Å². The molecule has 6 heteroatoms. The van der Waals surface area contributed by atoms with Crippen LogP contribution in [0.4, 0.5) is 0 Å². The second-order valence-electron chi connectivity index (χ2n) is 8.28. The average molecular weight is 409 g/mol. The SMILES string of the molecule is COc1ccc(C2C(C(=O)C(C)(C)C)=C(O)C(=O)N2Cc2ccccc2)cc1OC. The number of amides is 1. The Balaban J connectivity index is 2.14. The molecule has 1 amide bonds. The summed E-state index contributed by atoms with van der Waals surface area (Å²) in [6, 6.07) is 14.0. The molecule has 2 aromatic carbocycles. The Morgan fingerprint density at radius 2 is 1.67 bits per heavy atom. The minimum Gasteiger partial charge on any atom is -0.503 e. The number of benzene rings is 2. The molecular weight excluding hydrogens is 382 g/mol. The van der Waals surface area contributed by atoms with Crippen molar-refractivity contribution >= 4 is 11.7 Å². The van der Waals surface area contributed by atoms with Crippen LogP contribution in [-0.2, 0) is 16.1 Å². The van der Waals surface area contributed by atoms with E-state index in [4.69, 9.17) is 9.47 Å². The first-order chi connectivity index (χ1) is 14.2. The van der Waals surface area contributed by atoms with Crippen molar-refractivity contribution in [3.8, 4) is 11.5 Å². The van der Waals surface area contributed by atoms with Crippen LogP contribution in [0.5, 0.6) is 11.5 Å². The maximum Gasteiger partial charge on any atom is 0.290 e. The Labute approximate surface area is 176 Å². The molecular formula is C24H27NO5. The van der Waals surface area contributed by atoms with Crippen molar-refractivity contribution in [3.05, 3.63) is 71.0 Å². The summed E-state index contributed by atoms with van der Waals surface area (Å²) >= 11 is 0. The number of aliphatic hydroxyl groups excluding tert-OH is 1. The minimum absolute atomic E-state index is 0.107. The van der Waals surface area contributed by atoms with Crippen LogP contribution in [-0.4, -0.2) is 35.9 Å². The van der Waals surface area contributed by atoms with Gasteiger partial charge in [-0.15, -0.1) is 0 Å². The summed E-state index contributed by atoms with van der Waals surface area (Å²) in [6.45, 7) is 5.56. The van der Waals surface area contributed by atoms with Crippen molar-refractivity contribution in [2.45, 2.75) is 33.4 Å². The number of carbonyl (C=O) groups excluding carboxylic acids is 2. The number of hydrogen-bond donors (Lipinski definition) is 1. The Kier molecular flexibility index (Phi) is 5.87. The monoisotopic (exact) mass is 409 g/mol. The van der Waals surface area contributed by atoms with Gasteiger partial charge in [0.2, 0.25) is 0 Å². The smallest absolute Gasteiger partial charge is 0.290 e. The summed E-state index contributed by atoms with van der Waals surface area (Å²) in [4.78, 5) is 27.8. The van der Waals surface area contributed by atoms with Gasteiger partial charge in [-0.25, -0.2) is 0 Å². The molecule has 30 heavy (non-hydrogen) atoms. The second-order valence-corrected chi connectivity index (χ2v) is 8.28. The van der Waals surface area contributed by atoms with Crippen LogP contribution in [0.3, 0.4) is 0 Å². The first kappa shape index (κ1) is 21.4. The largest absolute Gasteiger partial charge is 0.503 e. The van der Waals surface area contributed by atoms with Gasteiger partial charge in [0.05, 0.1) is 25.8 Å². The van der Waals surface area contributed by atoms with Gasteiger partial charge in [-0.3, -0.25) is 9.59 Å². The zero-order chi connectivity index (χ0) is 22.1. The van der Waals surface area contributed by atoms with Gasteiger partial charge >= 0.3 is 0 Å². The number of nitrogens with zero attached hydrogens (tertiary/aromatic N) is 1. The van der Waals surface area contributed by atoms with Crippen molar-refractivity contribution in [1.82, 2.24) is 4.90 Å². The summed E-state index contributed by atoms with van der Waals surface area (Å²) in [5, 5.41) is 10.7. The van der Waals surface area contributed by atoms with Gasteiger partial charge in [-0.2, -0.15) is 0 Å². The molecule has 0 saturated carbocycles. The zero-order valence-electron chi connectivity index (χ0n) is 17.9. The third kappa shape index (κ3) is 3.90. The van der Waals surface area contributed by atoms with E-state index in [9.17, 15) is 14.7 Å². The topological polar surface area (TPSA) is 76.1 Å². The molecule has 0 fully saturated rings. The first-order valence-electron chi connectivity index (χ1n) is 9.73. The predicted molar refractivity (Wildman–Crippen MR) is 113 cm³/mol. The van der Waals surface area contributed by atoms with Gasteiger partial charge in [0, 0.05) is 12.0 Å². The number of ether oxygens (including phenoxy) is 2. The molecule has 0 aromatic heterocycles. The Morgan fingerprint density at radius 1 is 1.03 bits per heavy atom. The van der Waals surface area contributed by atoms with Crippen molar-refractivity contribution in [3.63, 3.8) is 0 Å². The minimum atomic E-state index is -0.763. The fraction of sp³-hybridized carbons (Fsp3) is 0.333. The second kappa shape index (κ2) is 8.22. The molecule has 158 valence electrons. The Bertz CT molecular complexity index is 988. The van der Waals surface area contributed by atoms with Crippen molar-refractivity contribution in [2.75, 3.05) is 14.2 Å². The maximum atomic E-state index is 13.2. The quantitative estimate of drug-likeness (QED) is 0.773. The summed E-state index contributed by atoms with van der Waals surface area (Å²) in [5.74, 6) is -0.311. The van der Waals surface area contributed by atoms with E-state index in [2.05, 4.69) is 0 Å². The summed E-state index contributed by atoms with van der Waals surface area (Å²) < 4.78 is 10.7. The summed E-state index contributed by atoms with van der Waals surface area (Å²) in [5.41, 5.74) is 0.902. The lowest BCUT2D eigenvalue weighted by Crippen LogP contribution is -2.32. The summed E-state index contributed by atoms with van der Waals surface area (Å²) in [6.07, 6.45) is 0. The number of ketones is 1. The van der Waals surface area contributed by atoms with Crippen LogP contribution in [0.2, 0.25) is 0 Å². The van der Waals surface area contributed by atoms with Gasteiger partial charge in [-0.1, -0.05) is 57.2 Å². The number of Topliss-reactive ketones (excluding diaryl/α,β-unsaturated/α-hetero) is 1. The van der Waals surface area contributed by atoms with Gasteiger partial charge in [-0.05, 0) is 23.3 Å². The van der Waals surface area contributed by atoms with E-state index >= 15 is 0 Å². The highest BCUT2D eigenvalue weighted by Crippen LogP contribution is 2.43. The maximum absolute atomic E-state index is 13.2. The fourth-order valence-electron chi connectivity index (χ4n) is 3.60. The molecule has 0 saturated heterocycles. The van der Waals surface area contributed by atoms with Crippen LogP contribution < -0.4 is 9.47 Å². The molecule has 1 heterocycles. The molecule has 1 aliphatic heterocycles. The third-order valence-electron chi connectivity index (χ3n) is 5.15. The van der Waals surface area contributed by atoms with Crippen molar-refractivity contribution in [2.24, 2.45) is 5.41 Å². The molecule has 6 nitrogen and oxygen atoms in total. The number of methoxy groups -OCH3 is 2. The van der Waals surface area contributed by atoms with Crippen LogP contribution in [0.15, 0.2) is 59.9 Å². The lowest BCUT2D eigenvalue weighted by atomic mass is 9.82. The molecule has 1 N–H and O–H groups in total. The number of aliphatic hydroxyl groups is 1. The molecule has 0 bridgehead atoms. The number of hydrogen-bond acceptors (Lipinski definition) is 5. The first-order valence-corrected chi connectivity index (χ1v) is 9.73. The van der Waals surface area contributed by atoms with Crippen molar-refractivity contribution < 1.29 is 24.2 Å². The van der Waals surface area contributed by atoms with E-state index in [1.807, 2.05) is 30.3 Å². The van der Waals surface area contributed by atoms with E-state index in [-0.39, 0.29) is 17.9 Å². The molecule has 0 radical (unpaired) electrons. The van der Waals surface area contributed by atoms with Gasteiger partial charge in [0.15, 0.2) is 23.0 Å². The molecule has 3 rings (SSSR count). The lowest BCUT2D eigenvalue weighted by Gasteiger charge is -2.29. The lowest BCUT2D eigenvalue weighted by molar-refractivity contribution is -0.130. The molecule has 2 aromatic rings. The highest BCUT2D eigenvalue weighted by Gasteiger charge is 2.46. The molecule has 1 unspecified atom stereocenters. The predicted octanol–water partition coefficient (Wildman–Crippen LogP) is 4.21. The van der Waals surface area contributed by atoms with E-state index in [0.717, 1.165) is 5.56 Å². The normalized spacial score (nSPS) is 16.8. The highest BCUT2D eigenvalue weighted by atomic mass is 16.5. The molecule has 0 aliphatic carbocycles. The fourth-order valence-corrected chi connectivity index (χ4v) is 3.60. The number of rotatable bonds is 6. The van der Waals surface area contributed by atoms with Gasteiger partial charge in [0.25, 0.3) is 5.91 Å². The summed E-state index contributed by atoms with van der Waals surface area (Å²) in [7, 11) is 3.07. The van der Waals surface area contributed by atoms with Crippen LogP contribution in [0, 0.1) is 5.41 Å². The van der Waals surface area contributed by atoms with Crippen LogP contribution in [0.25, 0.3) is 0 Å². The van der Waals surface area contributed by atoms with Gasteiger partial charge in [0.1, 0.15) is 0 Å². The standard InChI is InChI=1S/C24H27NO5/c1-24(2,3)22(27)19-20(16-11-12-17(29-4)18(13-16)30-5)25(23(28)21(19)26)14-15-9-7-6-8-10-15/h6-13,20,26H,14H2,1-5H3. The van der Waals surface area contributed by atoms with E-state index < -0.39 is 23.1 Å². The molecule has 1 atom stereocenters. The van der Waals surface area contributed by atoms with Crippen LogP contribution >= 0.6 is 0 Å². The number of carbonyl (C=O) groups is 2. The van der Waals surface area contributed by atoms with E-state index in [0.29, 0.717) is 17.1 Å². The Hall–Kier alpha value is -3.28. The zero-order valence-corrected chi connectivity index (χ0v) is 17.9. The highest BCUT2D eigenvalue weighted by molar-refractivity contribution is 6.10. The van der Waals surface area contributed by atoms with Crippen molar-refractivity contribution in [1.29, 1.82) is 0 Å². The average Bonchev–Trinajstić information content (AvgIpc) is 2.97. The van der Waals surface area contributed by atoms with Crippen LogP contribution in [0.1, 0.15) is 37.9 Å². The third-order valence-corrected chi connectivity index (χ3v) is 5.15. The van der Waals surface area contributed by atoms with E-state index in [1.54, 1.807) is 46.1 Å². The van der Waals surface area contributed by atoms with E-state index in [1.165, 1.54) is 12.0 Å². The Morgan fingerprint density at radius 3 is 2.23 bits per heavy atom. The molecule has 1 aliphatic rings.